The van der Waals surface area contributed by atoms with E-state index in [4.69, 9.17) is 4.74 Å². The van der Waals surface area contributed by atoms with E-state index in [9.17, 15) is 22.8 Å². The number of carbonyl (C=O) groups excluding carboxylic acids is 2. The lowest BCUT2D eigenvalue weighted by Gasteiger charge is -2.05. The molecule has 9 heteroatoms. The molecule has 1 aromatic heterocycles. The molecular weight excluding hydrogens is 441 g/mol. The van der Waals surface area contributed by atoms with Gasteiger partial charge in [-0.15, -0.1) is 11.3 Å². The van der Waals surface area contributed by atoms with Gasteiger partial charge < -0.3 is 10.1 Å². The van der Waals surface area contributed by atoms with Crippen molar-refractivity contribution in [1.82, 2.24) is 4.98 Å². The van der Waals surface area contributed by atoms with Crippen molar-refractivity contribution < 1.29 is 27.5 Å². The number of esters is 1. The van der Waals surface area contributed by atoms with Crippen LogP contribution in [0, 0.1) is 6.92 Å². The van der Waals surface area contributed by atoms with E-state index < -0.39 is 17.7 Å². The molecule has 0 radical (unpaired) electrons. The van der Waals surface area contributed by atoms with E-state index in [2.05, 4.69) is 10.3 Å². The molecule has 5 nitrogen and oxygen atoms in total. The molecule has 166 valence electrons. The van der Waals surface area contributed by atoms with Crippen LogP contribution < -0.4 is 5.32 Å². The molecule has 0 spiro atoms. The third-order valence-corrected chi connectivity index (χ3v) is 5.16. The van der Waals surface area contributed by atoms with Gasteiger partial charge in [-0.25, -0.2) is 9.78 Å². The molecule has 3 rings (SSSR count). The number of ether oxygens (including phenoxy) is 1. The van der Waals surface area contributed by atoms with Gasteiger partial charge in [-0.2, -0.15) is 13.2 Å². The van der Waals surface area contributed by atoms with Gasteiger partial charge in [0.2, 0.25) is 5.91 Å². The van der Waals surface area contributed by atoms with E-state index >= 15 is 0 Å². The summed E-state index contributed by atoms with van der Waals surface area (Å²) in [6.07, 6.45) is -1.81. The fraction of sp³-hybridized carbons (Fsp3) is 0.174. The molecule has 0 saturated heterocycles. The first-order valence-corrected chi connectivity index (χ1v) is 10.4. The van der Waals surface area contributed by atoms with E-state index in [0.29, 0.717) is 22.0 Å². The maximum Gasteiger partial charge on any atom is 0.416 e. The van der Waals surface area contributed by atoms with Crippen molar-refractivity contribution in [3.05, 3.63) is 87.4 Å². The fourth-order valence-corrected chi connectivity index (χ4v) is 3.39. The quantitative estimate of drug-likeness (QED) is 0.378. The summed E-state index contributed by atoms with van der Waals surface area (Å²) in [4.78, 5) is 28.3. The zero-order chi connectivity index (χ0) is 23.1. The van der Waals surface area contributed by atoms with E-state index in [1.54, 1.807) is 5.38 Å². The van der Waals surface area contributed by atoms with Crippen molar-refractivity contribution in [2.45, 2.75) is 26.1 Å². The van der Waals surface area contributed by atoms with Crippen LogP contribution in [-0.2, 0) is 33.5 Å². The largest absolute Gasteiger partial charge is 0.456 e. The van der Waals surface area contributed by atoms with E-state index in [0.717, 1.165) is 23.8 Å². The minimum Gasteiger partial charge on any atom is -0.456 e. The smallest absolute Gasteiger partial charge is 0.416 e. The van der Waals surface area contributed by atoms with Crippen LogP contribution in [-0.4, -0.2) is 16.9 Å². The van der Waals surface area contributed by atoms with Gasteiger partial charge in [0.25, 0.3) is 0 Å². The number of hydrogen-bond acceptors (Lipinski definition) is 5. The van der Waals surface area contributed by atoms with Crippen LogP contribution in [0.25, 0.3) is 6.08 Å². The Morgan fingerprint density at radius 1 is 1.09 bits per heavy atom. The summed E-state index contributed by atoms with van der Waals surface area (Å²) in [5.41, 5.74) is 1.97. The Balaban J connectivity index is 1.46. The maximum atomic E-state index is 12.6. The highest BCUT2D eigenvalue weighted by Gasteiger charge is 2.29. The van der Waals surface area contributed by atoms with Crippen LogP contribution in [0.2, 0.25) is 0 Å². The molecule has 0 atom stereocenters. The Morgan fingerprint density at radius 3 is 2.44 bits per heavy atom. The molecule has 0 aliphatic heterocycles. The molecule has 0 aliphatic carbocycles. The first-order valence-electron chi connectivity index (χ1n) is 9.51. The molecule has 2 aromatic carbocycles. The Labute approximate surface area is 186 Å². The van der Waals surface area contributed by atoms with Crippen molar-refractivity contribution in [1.29, 1.82) is 0 Å². The number of rotatable bonds is 7. The summed E-state index contributed by atoms with van der Waals surface area (Å²) in [6, 6.07) is 11.8. The minimum atomic E-state index is -4.41. The maximum absolute atomic E-state index is 12.6. The average Bonchev–Trinajstić information content (AvgIpc) is 3.19. The summed E-state index contributed by atoms with van der Waals surface area (Å²) in [6.45, 7) is 1.88. The van der Waals surface area contributed by atoms with Crippen LogP contribution in [0.5, 0.6) is 0 Å². The number of alkyl halides is 3. The third-order valence-electron chi connectivity index (χ3n) is 4.26. The number of nitrogens with one attached hydrogen (secondary N) is 1. The number of halogens is 3. The molecule has 3 aromatic rings. The SMILES string of the molecule is Cc1ccc(NC(=O)Cc2nc(COC(=O)/C=C/c3ccc(C(F)(F)F)cc3)cs2)cc1. The Morgan fingerprint density at radius 2 is 1.78 bits per heavy atom. The molecule has 1 N–H and O–H groups in total. The van der Waals surface area contributed by atoms with Crippen LogP contribution >= 0.6 is 11.3 Å². The topological polar surface area (TPSA) is 68.3 Å². The van der Waals surface area contributed by atoms with Crippen molar-refractivity contribution in [2.24, 2.45) is 0 Å². The van der Waals surface area contributed by atoms with Crippen molar-refractivity contribution in [2.75, 3.05) is 5.32 Å². The number of hydrogen-bond donors (Lipinski definition) is 1. The number of thiazole rings is 1. The predicted octanol–water partition coefficient (Wildman–Crippen LogP) is 5.41. The molecule has 1 heterocycles. The summed E-state index contributed by atoms with van der Waals surface area (Å²) in [7, 11) is 0. The number of amides is 1. The average molecular weight is 460 g/mol. The van der Waals surface area contributed by atoms with Crippen LogP contribution in [0.4, 0.5) is 18.9 Å². The number of anilines is 1. The Hall–Kier alpha value is -3.46. The van der Waals surface area contributed by atoms with Crippen LogP contribution in [0.1, 0.15) is 27.4 Å². The molecule has 0 unspecified atom stereocenters. The normalized spacial score (nSPS) is 11.5. The van der Waals surface area contributed by atoms with Gasteiger partial charge in [-0.3, -0.25) is 4.79 Å². The molecule has 1 amide bonds. The summed E-state index contributed by atoms with van der Waals surface area (Å²) < 4.78 is 42.8. The van der Waals surface area contributed by atoms with Gasteiger partial charge >= 0.3 is 12.1 Å². The van der Waals surface area contributed by atoms with Gasteiger partial charge in [0, 0.05) is 17.1 Å². The summed E-state index contributed by atoms with van der Waals surface area (Å²) in [5, 5.41) is 5.07. The predicted molar refractivity (Wildman–Crippen MR) is 116 cm³/mol. The van der Waals surface area contributed by atoms with E-state index in [1.807, 2.05) is 31.2 Å². The second-order valence-corrected chi connectivity index (χ2v) is 7.83. The fourth-order valence-electron chi connectivity index (χ4n) is 2.62. The van der Waals surface area contributed by atoms with Gasteiger partial charge in [-0.05, 0) is 42.8 Å². The minimum absolute atomic E-state index is 0.0771. The molecule has 0 saturated carbocycles. The summed E-state index contributed by atoms with van der Waals surface area (Å²) in [5.74, 6) is -0.859. The molecule has 0 aliphatic rings. The highest BCUT2D eigenvalue weighted by atomic mass is 32.1. The molecular formula is C23H19F3N2O3S. The lowest BCUT2D eigenvalue weighted by atomic mass is 10.1. The van der Waals surface area contributed by atoms with Crippen LogP contribution in [0.15, 0.2) is 60.0 Å². The van der Waals surface area contributed by atoms with Gasteiger partial charge in [0.05, 0.1) is 17.7 Å². The zero-order valence-corrected chi connectivity index (χ0v) is 17.8. The monoisotopic (exact) mass is 460 g/mol. The number of benzene rings is 2. The molecule has 0 fully saturated rings. The zero-order valence-electron chi connectivity index (χ0n) is 17.0. The number of aromatic nitrogens is 1. The lowest BCUT2D eigenvalue weighted by Crippen LogP contribution is -2.14. The van der Waals surface area contributed by atoms with E-state index in [1.165, 1.54) is 29.5 Å². The third kappa shape index (κ3) is 7.05. The van der Waals surface area contributed by atoms with Crippen molar-refractivity contribution in [3.63, 3.8) is 0 Å². The molecule has 32 heavy (non-hydrogen) atoms. The number of nitrogens with zero attached hydrogens (tertiary/aromatic N) is 1. The highest BCUT2D eigenvalue weighted by Crippen LogP contribution is 2.29. The Bertz CT molecular complexity index is 1100. The highest BCUT2D eigenvalue weighted by molar-refractivity contribution is 7.09. The molecule has 0 bridgehead atoms. The van der Waals surface area contributed by atoms with Crippen LogP contribution in [0.3, 0.4) is 0 Å². The first-order chi connectivity index (χ1) is 15.2. The van der Waals surface area contributed by atoms with Gasteiger partial charge in [0.1, 0.15) is 11.6 Å². The second kappa shape index (κ2) is 10.2. The Kier molecular flexibility index (Phi) is 7.42. The summed E-state index contributed by atoms with van der Waals surface area (Å²) >= 11 is 1.28. The number of carbonyl (C=O) groups is 2. The van der Waals surface area contributed by atoms with Gasteiger partial charge in [0.15, 0.2) is 0 Å². The van der Waals surface area contributed by atoms with Crippen molar-refractivity contribution in [3.8, 4) is 0 Å². The second-order valence-electron chi connectivity index (χ2n) is 6.88. The lowest BCUT2D eigenvalue weighted by molar-refractivity contribution is -0.139. The first kappa shape index (κ1) is 23.2. The van der Waals surface area contributed by atoms with Gasteiger partial charge in [-0.1, -0.05) is 29.8 Å². The van der Waals surface area contributed by atoms with Crippen molar-refractivity contribution >= 4 is 35.0 Å². The van der Waals surface area contributed by atoms with E-state index in [-0.39, 0.29) is 18.9 Å². The standard InChI is InChI=1S/C23H19F3N2O3S/c1-15-2-9-18(10-3-15)27-20(29)12-21-28-19(14-32-21)13-31-22(30)11-6-16-4-7-17(8-5-16)23(24,25)26/h2-11,14H,12-13H2,1H3,(H,27,29)/b11-6+. The number of aryl methyl sites for hydroxylation is 1.